The summed E-state index contributed by atoms with van der Waals surface area (Å²) in [6, 6.07) is 16.0. The van der Waals surface area contributed by atoms with Gasteiger partial charge in [0.25, 0.3) is 0 Å². The first-order valence-corrected chi connectivity index (χ1v) is 18.3. The molecule has 0 aliphatic rings. The van der Waals surface area contributed by atoms with Crippen molar-refractivity contribution in [2.75, 3.05) is 40.3 Å². The van der Waals surface area contributed by atoms with Crippen LogP contribution in [0.4, 0.5) is 0 Å². The van der Waals surface area contributed by atoms with E-state index in [1.807, 2.05) is 48.5 Å². The molecule has 0 spiro atoms. The van der Waals surface area contributed by atoms with Gasteiger partial charge in [-0.3, -0.25) is 9.59 Å². The van der Waals surface area contributed by atoms with E-state index in [9.17, 15) is 9.59 Å². The first-order valence-electron chi connectivity index (χ1n) is 18.3. The summed E-state index contributed by atoms with van der Waals surface area (Å²) in [5.74, 6) is -0.360. The van der Waals surface area contributed by atoms with Crippen molar-refractivity contribution in [3.8, 4) is 11.1 Å². The first-order chi connectivity index (χ1) is 22.4. The fraction of sp³-hybridized carbons (Fsp3) is 0.650. The molecule has 0 fully saturated rings. The predicted molar refractivity (Wildman–Crippen MR) is 192 cm³/mol. The van der Waals surface area contributed by atoms with Gasteiger partial charge in [0.1, 0.15) is 13.2 Å². The number of rotatable bonds is 27. The summed E-state index contributed by atoms with van der Waals surface area (Å²) in [5.41, 5.74) is 3.87. The summed E-state index contributed by atoms with van der Waals surface area (Å²) in [7, 11) is 4.16. The van der Waals surface area contributed by atoms with Crippen LogP contribution in [0.5, 0.6) is 0 Å². The lowest BCUT2D eigenvalue weighted by atomic mass is 9.96. The number of hydrogen-bond acceptors (Lipinski definition) is 6. The van der Waals surface area contributed by atoms with Gasteiger partial charge >= 0.3 is 11.9 Å². The van der Waals surface area contributed by atoms with Gasteiger partial charge in [0.2, 0.25) is 0 Å². The second-order valence-corrected chi connectivity index (χ2v) is 13.0. The van der Waals surface area contributed by atoms with Gasteiger partial charge in [-0.05, 0) is 62.3 Å². The van der Waals surface area contributed by atoms with Crippen LogP contribution < -0.4 is 0 Å². The number of carbonyl (C=O) groups excluding carboxylic acids is 2. The lowest BCUT2D eigenvalue weighted by molar-refractivity contribution is -0.146. The SMILES string of the molecule is CCCCCCCCCN(C)CCC(=O)OCc1ccccc1-c1ccccc1COC(=O)CCN(C)CCCCCCCCC. The van der Waals surface area contributed by atoms with Crippen LogP contribution in [0.2, 0.25) is 0 Å². The summed E-state index contributed by atoms with van der Waals surface area (Å²) in [4.78, 5) is 29.7. The van der Waals surface area contributed by atoms with E-state index in [1.165, 1.54) is 89.9 Å². The van der Waals surface area contributed by atoms with Crippen LogP contribution in [0.1, 0.15) is 128 Å². The average molecular weight is 637 g/mol. The highest BCUT2D eigenvalue weighted by atomic mass is 16.5. The quantitative estimate of drug-likeness (QED) is 0.0719. The fourth-order valence-electron chi connectivity index (χ4n) is 5.74. The van der Waals surface area contributed by atoms with E-state index < -0.39 is 0 Å². The monoisotopic (exact) mass is 636 g/mol. The molecule has 6 heteroatoms. The van der Waals surface area contributed by atoms with Crippen molar-refractivity contribution < 1.29 is 19.1 Å². The maximum Gasteiger partial charge on any atom is 0.307 e. The maximum absolute atomic E-state index is 12.6. The van der Waals surface area contributed by atoms with Gasteiger partial charge in [-0.2, -0.15) is 0 Å². The van der Waals surface area contributed by atoms with Crippen molar-refractivity contribution in [2.24, 2.45) is 0 Å². The summed E-state index contributed by atoms with van der Waals surface area (Å²) < 4.78 is 11.4. The Bertz CT molecular complexity index is 1000. The molecule has 0 aliphatic heterocycles. The van der Waals surface area contributed by atoms with Gasteiger partial charge in [-0.15, -0.1) is 0 Å². The molecular weight excluding hydrogens is 572 g/mol. The molecule has 0 atom stereocenters. The Morgan fingerprint density at radius 2 is 0.848 bits per heavy atom. The van der Waals surface area contributed by atoms with Crippen LogP contribution in [0, 0.1) is 0 Å². The zero-order valence-electron chi connectivity index (χ0n) is 29.7. The highest BCUT2D eigenvalue weighted by Crippen LogP contribution is 2.28. The van der Waals surface area contributed by atoms with E-state index in [1.54, 1.807) is 0 Å². The molecule has 258 valence electrons. The van der Waals surface area contributed by atoms with Crippen molar-refractivity contribution >= 4 is 11.9 Å². The molecule has 6 nitrogen and oxygen atoms in total. The van der Waals surface area contributed by atoms with Gasteiger partial charge in [0.15, 0.2) is 0 Å². The first kappa shape index (κ1) is 39.5. The molecule has 0 heterocycles. The van der Waals surface area contributed by atoms with E-state index in [-0.39, 0.29) is 25.2 Å². The average Bonchev–Trinajstić information content (AvgIpc) is 3.07. The Morgan fingerprint density at radius 3 is 1.24 bits per heavy atom. The van der Waals surface area contributed by atoms with E-state index >= 15 is 0 Å². The summed E-state index contributed by atoms with van der Waals surface area (Å²) in [6.45, 7) is 8.38. The smallest absolute Gasteiger partial charge is 0.307 e. The Labute approximate surface area is 281 Å². The largest absolute Gasteiger partial charge is 0.461 e. The predicted octanol–water partition coefficient (Wildman–Crippen LogP) is 9.59. The van der Waals surface area contributed by atoms with Crippen molar-refractivity contribution in [1.29, 1.82) is 0 Å². The number of esters is 2. The van der Waals surface area contributed by atoms with E-state index in [4.69, 9.17) is 9.47 Å². The van der Waals surface area contributed by atoms with Gasteiger partial charge in [0.05, 0.1) is 12.8 Å². The number of carbonyl (C=O) groups is 2. The summed E-state index contributed by atoms with van der Waals surface area (Å²) >= 11 is 0. The normalized spacial score (nSPS) is 11.3. The molecular formula is C40H64N2O4. The third-order valence-electron chi connectivity index (χ3n) is 8.78. The number of ether oxygens (including phenoxy) is 2. The van der Waals surface area contributed by atoms with Crippen LogP contribution in [-0.2, 0) is 32.3 Å². The lowest BCUT2D eigenvalue weighted by Crippen LogP contribution is -2.23. The number of hydrogen-bond donors (Lipinski definition) is 0. The molecule has 0 amide bonds. The van der Waals surface area contributed by atoms with E-state index in [2.05, 4.69) is 37.7 Å². The highest BCUT2D eigenvalue weighted by molar-refractivity contribution is 5.73. The molecule has 46 heavy (non-hydrogen) atoms. The van der Waals surface area contributed by atoms with Gasteiger partial charge < -0.3 is 19.3 Å². The van der Waals surface area contributed by atoms with E-state index in [0.717, 1.165) is 35.3 Å². The molecule has 0 aromatic heterocycles. The molecule has 0 aliphatic carbocycles. The second kappa shape index (κ2) is 25.4. The summed E-state index contributed by atoms with van der Waals surface area (Å²) in [6.07, 6.45) is 18.8. The second-order valence-electron chi connectivity index (χ2n) is 13.0. The Hall–Kier alpha value is -2.70. The van der Waals surface area contributed by atoms with Gasteiger partial charge in [-0.1, -0.05) is 139 Å². The number of unbranched alkanes of at least 4 members (excludes halogenated alkanes) is 12. The minimum atomic E-state index is -0.180. The third kappa shape index (κ3) is 17.9. The van der Waals surface area contributed by atoms with Crippen molar-refractivity contribution in [1.82, 2.24) is 9.80 Å². The van der Waals surface area contributed by atoms with Crippen LogP contribution in [0.3, 0.4) is 0 Å². The van der Waals surface area contributed by atoms with Crippen LogP contribution in [0.25, 0.3) is 11.1 Å². The Morgan fingerprint density at radius 1 is 0.500 bits per heavy atom. The van der Waals surface area contributed by atoms with Crippen molar-refractivity contribution in [3.05, 3.63) is 59.7 Å². The highest BCUT2D eigenvalue weighted by Gasteiger charge is 2.14. The molecule has 2 aromatic carbocycles. The molecule has 0 radical (unpaired) electrons. The molecule has 0 saturated carbocycles. The van der Waals surface area contributed by atoms with Crippen LogP contribution in [-0.4, -0.2) is 62.0 Å². The molecule has 2 rings (SSSR count). The molecule has 0 unspecified atom stereocenters. The number of benzene rings is 2. The topological polar surface area (TPSA) is 59.1 Å². The van der Waals surface area contributed by atoms with Crippen molar-refractivity contribution in [2.45, 2.75) is 130 Å². The third-order valence-corrected chi connectivity index (χ3v) is 8.78. The maximum atomic E-state index is 12.6. The van der Waals surface area contributed by atoms with Gasteiger partial charge in [0, 0.05) is 13.1 Å². The zero-order chi connectivity index (χ0) is 33.2. The van der Waals surface area contributed by atoms with E-state index in [0.29, 0.717) is 25.9 Å². The standard InChI is InChI=1S/C40H64N2O4/c1-5-7-9-11-13-15-21-29-41(3)31-27-39(43)45-33-35-23-17-19-25-37(35)38-26-20-18-24-36(38)34-46-40(44)28-32-42(4)30-22-16-14-12-10-8-6-2/h17-20,23-26H,5-16,21-22,27-34H2,1-4H3. The minimum Gasteiger partial charge on any atom is -0.461 e. The van der Waals surface area contributed by atoms with Crippen LogP contribution in [0.15, 0.2) is 48.5 Å². The molecule has 0 bridgehead atoms. The van der Waals surface area contributed by atoms with Crippen molar-refractivity contribution in [3.63, 3.8) is 0 Å². The fourth-order valence-corrected chi connectivity index (χ4v) is 5.74. The van der Waals surface area contributed by atoms with Gasteiger partial charge in [-0.25, -0.2) is 0 Å². The summed E-state index contributed by atoms with van der Waals surface area (Å²) in [5, 5.41) is 0. The number of nitrogens with zero attached hydrogens (tertiary/aromatic N) is 2. The Kier molecular flexibility index (Phi) is 21.8. The molecule has 0 N–H and O–H groups in total. The lowest BCUT2D eigenvalue weighted by Gasteiger charge is -2.17. The zero-order valence-corrected chi connectivity index (χ0v) is 29.7. The minimum absolute atomic E-state index is 0.180. The molecule has 0 saturated heterocycles. The van der Waals surface area contributed by atoms with Crippen LogP contribution >= 0.6 is 0 Å². The Balaban J connectivity index is 1.76. The molecule has 2 aromatic rings.